The fourth-order valence-electron chi connectivity index (χ4n) is 2.23. The Morgan fingerprint density at radius 2 is 2.22 bits per heavy atom. The summed E-state index contributed by atoms with van der Waals surface area (Å²) in [7, 11) is 1.78. The Morgan fingerprint density at radius 1 is 1.39 bits per heavy atom. The van der Waals surface area contributed by atoms with Gasteiger partial charge in [0.15, 0.2) is 11.6 Å². The number of hydrogen-bond acceptors (Lipinski definition) is 5. The van der Waals surface area contributed by atoms with E-state index in [0.717, 1.165) is 4.57 Å². The van der Waals surface area contributed by atoms with Crippen LogP contribution in [0.25, 0.3) is 10.9 Å². The summed E-state index contributed by atoms with van der Waals surface area (Å²) in [6.45, 7) is 0.530. The van der Waals surface area contributed by atoms with Crippen LogP contribution in [0.4, 0.5) is 9.18 Å². The van der Waals surface area contributed by atoms with Crippen molar-refractivity contribution in [2.24, 2.45) is 0 Å². The minimum absolute atomic E-state index is 0.0326. The van der Waals surface area contributed by atoms with E-state index in [2.05, 4.69) is 15.3 Å². The molecule has 0 fully saturated rings. The Bertz CT molecular complexity index is 878. The van der Waals surface area contributed by atoms with Crippen LogP contribution in [0.5, 0.6) is 11.6 Å². The van der Waals surface area contributed by atoms with Crippen molar-refractivity contribution in [1.29, 1.82) is 0 Å². The second-order valence-electron chi connectivity index (χ2n) is 4.76. The molecule has 8 heteroatoms. The number of halogens is 1. The molecule has 23 heavy (non-hydrogen) atoms. The van der Waals surface area contributed by atoms with Gasteiger partial charge < -0.3 is 15.2 Å². The molecule has 0 aliphatic carbocycles. The molecule has 118 valence electrons. The Labute approximate surface area is 130 Å². The molecule has 0 spiro atoms. The van der Waals surface area contributed by atoms with Gasteiger partial charge in [-0.3, -0.25) is 4.57 Å². The molecule has 0 aliphatic rings. The smallest absolute Gasteiger partial charge is 0.416 e. The molecule has 2 heterocycles. The van der Waals surface area contributed by atoms with Crippen LogP contribution >= 0.6 is 0 Å². The maximum absolute atomic E-state index is 14.5. The van der Waals surface area contributed by atoms with E-state index >= 15 is 0 Å². The highest BCUT2D eigenvalue weighted by Gasteiger charge is 2.15. The van der Waals surface area contributed by atoms with Crippen molar-refractivity contribution in [3.63, 3.8) is 0 Å². The van der Waals surface area contributed by atoms with Crippen molar-refractivity contribution >= 4 is 17.0 Å². The van der Waals surface area contributed by atoms with Gasteiger partial charge >= 0.3 is 6.09 Å². The fraction of sp³-hybridized carbons (Fsp3) is 0.133. The lowest BCUT2D eigenvalue weighted by atomic mass is 10.2. The maximum atomic E-state index is 14.5. The second kappa shape index (κ2) is 6.01. The van der Waals surface area contributed by atoms with Gasteiger partial charge in [-0.25, -0.2) is 19.2 Å². The molecule has 0 bridgehead atoms. The van der Waals surface area contributed by atoms with Gasteiger partial charge in [-0.15, -0.1) is 0 Å². The van der Waals surface area contributed by atoms with Crippen molar-refractivity contribution in [1.82, 2.24) is 19.9 Å². The number of nitrogens with one attached hydrogen (secondary N) is 1. The summed E-state index contributed by atoms with van der Waals surface area (Å²) in [5.74, 6) is -0.466. The molecule has 0 radical (unpaired) electrons. The largest absolute Gasteiger partial charge is 0.464 e. The lowest BCUT2D eigenvalue weighted by Crippen LogP contribution is -2.07. The maximum Gasteiger partial charge on any atom is 0.416 e. The number of benzene rings is 1. The first-order valence-corrected chi connectivity index (χ1v) is 6.76. The Hall–Kier alpha value is -3.00. The quantitative estimate of drug-likeness (QED) is 0.769. The molecule has 0 amide bonds. The van der Waals surface area contributed by atoms with Crippen LogP contribution in [-0.2, 0) is 6.54 Å². The summed E-state index contributed by atoms with van der Waals surface area (Å²) in [6, 6.07) is 5.84. The molecule has 0 atom stereocenters. The van der Waals surface area contributed by atoms with E-state index in [1.54, 1.807) is 13.1 Å². The topological polar surface area (TPSA) is 89.3 Å². The monoisotopic (exact) mass is 316 g/mol. The Kier molecular flexibility index (Phi) is 3.90. The number of nitrogens with zero attached hydrogens (tertiary/aromatic N) is 3. The summed E-state index contributed by atoms with van der Waals surface area (Å²) in [6.07, 6.45) is 1.44. The van der Waals surface area contributed by atoms with E-state index in [-0.39, 0.29) is 22.5 Å². The van der Waals surface area contributed by atoms with E-state index in [9.17, 15) is 9.18 Å². The number of carbonyl (C=O) groups is 1. The molecule has 2 aromatic heterocycles. The minimum atomic E-state index is -1.18. The molecule has 0 saturated heterocycles. The average Bonchev–Trinajstić information content (AvgIpc) is 2.96. The molecular formula is C15H13FN4O3. The van der Waals surface area contributed by atoms with Crippen molar-refractivity contribution < 1.29 is 19.0 Å². The third kappa shape index (κ3) is 2.84. The predicted molar refractivity (Wildman–Crippen MR) is 80.2 cm³/mol. The van der Waals surface area contributed by atoms with Crippen molar-refractivity contribution in [2.45, 2.75) is 6.54 Å². The number of fused-ring (bicyclic) bond motifs is 1. The van der Waals surface area contributed by atoms with Crippen LogP contribution < -0.4 is 10.1 Å². The van der Waals surface area contributed by atoms with Gasteiger partial charge in [0, 0.05) is 24.2 Å². The standard InChI is InChI=1S/C15H13FN4O3/c1-17-7-9-6-13(19-8-18-9)23-12-3-2-11-10(14(12)16)4-5-20(11)15(21)22/h2-6,8,17H,7H2,1H3,(H,21,22). The van der Waals surface area contributed by atoms with Crippen molar-refractivity contribution in [2.75, 3.05) is 7.05 Å². The number of carboxylic acid groups (broad SMARTS) is 1. The molecule has 7 nitrogen and oxygen atoms in total. The van der Waals surface area contributed by atoms with E-state index in [4.69, 9.17) is 9.84 Å². The first kappa shape index (κ1) is 14.9. The zero-order valence-electron chi connectivity index (χ0n) is 12.2. The summed E-state index contributed by atoms with van der Waals surface area (Å²) in [5.41, 5.74) is 0.955. The minimum Gasteiger partial charge on any atom is -0.464 e. The summed E-state index contributed by atoms with van der Waals surface area (Å²) >= 11 is 0. The lowest BCUT2D eigenvalue weighted by Gasteiger charge is -2.08. The molecule has 0 saturated carbocycles. The molecule has 2 N–H and O–H groups in total. The van der Waals surface area contributed by atoms with Crippen molar-refractivity contribution in [3.05, 3.63) is 48.3 Å². The van der Waals surface area contributed by atoms with Crippen LogP contribution in [-0.4, -0.2) is 32.8 Å². The van der Waals surface area contributed by atoms with Gasteiger partial charge in [-0.1, -0.05) is 0 Å². The van der Waals surface area contributed by atoms with Gasteiger partial charge in [0.25, 0.3) is 0 Å². The first-order valence-electron chi connectivity index (χ1n) is 6.76. The number of ether oxygens (including phenoxy) is 1. The fourth-order valence-corrected chi connectivity index (χ4v) is 2.23. The van der Waals surface area contributed by atoms with Gasteiger partial charge in [0.1, 0.15) is 6.33 Å². The van der Waals surface area contributed by atoms with Crippen LogP contribution in [0.15, 0.2) is 36.8 Å². The normalized spacial score (nSPS) is 10.9. The molecule has 0 unspecified atom stereocenters. The molecule has 3 rings (SSSR count). The van der Waals surface area contributed by atoms with Gasteiger partial charge in [0.2, 0.25) is 5.88 Å². The number of rotatable bonds is 4. The average molecular weight is 316 g/mol. The Balaban J connectivity index is 1.96. The van der Waals surface area contributed by atoms with E-state index < -0.39 is 11.9 Å². The van der Waals surface area contributed by atoms with Crippen LogP contribution in [0.1, 0.15) is 5.69 Å². The highest BCUT2D eigenvalue weighted by Crippen LogP contribution is 2.30. The van der Waals surface area contributed by atoms with Crippen LogP contribution in [0, 0.1) is 5.82 Å². The number of aromatic nitrogens is 3. The third-order valence-electron chi connectivity index (χ3n) is 3.25. The van der Waals surface area contributed by atoms with Gasteiger partial charge in [0.05, 0.1) is 11.2 Å². The number of hydrogen-bond donors (Lipinski definition) is 2. The van der Waals surface area contributed by atoms with Gasteiger partial charge in [-0.2, -0.15) is 0 Å². The molecule has 1 aromatic carbocycles. The molecule has 3 aromatic rings. The highest BCUT2D eigenvalue weighted by molar-refractivity contribution is 5.90. The third-order valence-corrected chi connectivity index (χ3v) is 3.25. The predicted octanol–water partition coefficient (Wildman–Crippen LogP) is 2.61. The first-order chi connectivity index (χ1) is 11.1. The lowest BCUT2D eigenvalue weighted by molar-refractivity contribution is 0.197. The van der Waals surface area contributed by atoms with E-state index in [1.807, 2.05) is 0 Å². The molecule has 0 aliphatic heterocycles. The zero-order chi connectivity index (χ0) is 16.4. The van der Waals surface area contributed by atoms with Crippen molar-refractivity contribution in [3.8, 4) is 11.6 Å². The highest BCUT2D eigenvalue weighted by atomic mass is 19.1. The summed E-state index contributed by atoms with van der Waals surface area (Å²) < 4.78 is 20.9. The van der Waals surface area contributed by atoms with Crippen LogP contribution in [0.2, 0.25) is 0 Å². The van der Waals surface area contributed by atoms with Crippen LogP contribution in [0.3, 0.4) is 0 Å². The van der Waals surface area contributed by atoms with E-state index in [1.165, 1.54) is 30.7 Å². The second-order valence-corrected chi connectivity index (χ2v) is 4.76. The summed E-state index contributed by atoms with van der Waals surface area (Å²) in [5, 5.41) is 12.1. The molecular weight excluding hydrogens is 303 g/mol. The summed E-state index contributed by atoms with van der Waals surface area (Å²) in [4.78, 5) is 19.0. The SMILES string of the molecule is CNCc1cc(Oc2ccc3c(ccn3C(=O)O)c2F)ncn1. The zero-order valence-corrected chi connectivity index (χ0v) is 12.2. The van der Waals surface area contributed by atoms with E-state index in [0.29, 0.717) is 12.2 Å². The Morgan fingerprint density at radius 3 is 2.96 bits per heavy atom. The van der Waals surface area contributed by atoms with Gasteiger partial charge in [-0.05, 0) is 25.2 Å².